The summed E-state index contributed by atoms with van der Waals surface area (Å²) < 4.78 is 10.5. The van der Waals surface area contributed by atoms with Crippen molar-refractivity contribution in [3.63, 3.8) is 0 Å². The summed E-state index contributed by atoms with van der Waals surface area (Å²) in [6.45, 7) is 1.02. The van der Waals surface area contributed by atoms with E-state index in [0.29, 0.717) is 29.5 Å². The maximum absolute atomic E-state index is 12.5. The number of ether oxygens (including phenoxy) is 2. The molecule has 6 nitrogen and oxygen atoms in total. The first-order valence-electron chi connectivity index (χ1n) is 6.93. The number of hydrogen-bond acceptors (Lipinski definition) is 4. The van der Waals surface area contributed by atoms with Crippen LogP contribution in [0.3, 0.4) is 0 Å². The molecule has 120 valence electrons. The second-order valence-electron chi connectivity index (χ2n) is 5.01. The first-order chi connectivity index (χ1) is 10.5. The van der Waals surface area contributed by atoms with Gasteiger partial charge in [-0.25, -0.2) is 0 Å². The highest BCUT2D eigenvalue weighted by atomic mass is 35.5. The van der Waals surface area contributed by atoms with Crippen LogP contribution in [0, 0.1) is 0 Å². The van der Waals surface area contributed by atoms with Gasteiger partial charge in [-0.2, -0.15) is 0 Å². The van der Waals surface area contributed by atoms with Gasteiger partial charge in [-0.15, -0.1) is 0 Å². The predicted molar refractivity (Wildman–Crippen MR) is 80.3 cm³/mol. The largest absolute Gasteiger partial charge is 0.496 e. The van der Waals surface area contributed by atoms with Crippen LogP contribution in [0.15, 0.2) is 18.2 Å². The normalized spacial score (nSPS) is 18.1. The Balaban J connectivity index is 2.15. The van der Waals surface area contributed by atoms with Crippen LogP contribution in [0.5, 0.6) is 5.75 Å². The number of carbonyl (C=O) groups excluding carboxylic acids is 1. The molecule has 0 bridgehead atoms. The van der Waals surface area contributed by atoms with Gasteiger partial charge in [0.1, 0.15) is 5.75 Å². The number of morpholine rings is 1. The molecule has 1 N–H and O–H groups in total. The van der Waals surface area contributed by atoms with Crippen LogP contribution in [0.1, 0.15) is 12.0 Å². The van der Waals surface area contributed by atoms with E-state index in [1.165, 1.54) is 7.11 Å². The van der Waals surface area contributed by atoms with Gasteiger partial charge >= 0.3 is 5.97 Å². The van der Waals surface area contributed by atoms with Crippen LogP contribution in [0.4, 0.5) is 0 Å². The fourth-order valence-corrected chi connectivity index (χ4v) is 2.74. The summed E-state index contributed by atoms with van der Waals surface area (Å²) in [6, 6.07) is 4.73. The molecule has 1 aromatic rings. The lowest BCUT2D eigenvalue weighted by molar-refractivity contribution is -0.145. The number of methoxy groups -OCH3 is 1. The Hall–Kier alpha value is -1.79. The van der Waals surface area contributed by atoms with Gasteiger partial charge in [0, 0.05) is 17.1 Å². The van der Waals surface area contributed by atoms with Gasteiger partial charge in [0.05, 0.1) is 39.2 Å². The number of halogens is 1. The SMILES string of the molecule is COc1cccc(Cl)c1CC(=O)N1CCOCC1CC(=O)O. The average molecular weight is 328 g/mol. The Morgan fingerprint density at radius 3 is 2.95 bits per heavy atom. The van der Waals surface area contributed by atoms with Gasteiger partial charge in [-0.1, -0.05) is 17.7 Å². The molecule has 1 aromatic carbocycles. The summed E-state index contributed by atoms with van der Waals surface area (Å²) in [5, 5.41) is 9.40. The highest BCUT2D eigenvalue weighted by molar-refractivity contribution is 6.31. The molecule has 0 aromatic heterocycles. The third-order valence-electron chi connectivity index (χ3n) is 3.58. The first kappa shape index (κ1) is 16.6. The first-order valence-corrected chi connectivity index (χ1v) is 7.31. The quantitative estimate of drug-likeness (QED) is 0.889. The lowest BCUT2D eigenvalue weighted by atomic mass is 10.1. The smallest absolute Gasteiger partial charge is 0.305 e. The van der Waals surface area contributed by atoms with E-state index in [0.717, 1.165) is 0 Å². The van der Waals surface area contributed by atoms with E-state index < -0.39 is 12.0 Å². The maximum Gasteiger partial charge on any atom is 0.305 e. The molecule has 1 amide bonds. The fraction of sp³-hybridized carbons (Fsp3) is 0.467. The number of hydrogen-bond donors (Lipinski definition) is 1. The molecule has 0 saturated carbocycles. The zero-order valence-corrected chi connectivity index (χ0v) is 13.0. The van der Waals surface area contributed by atoms with Crippen LogP contribution < -0.4 is 4.74 Å². The number of carbonyl (C=O) groups is 2. The fourth-order valence-electron chi connectivity index (χ4n) is 2.51. The molecular weight excluding hydrogens is 310 g/mol. The van der Waals surface area contributed by atoms with Crippen molar-refractivity contribution >= 4 is 23.5 Å². The molecule has 1 unspecified atom stereocenters. The van der Waals surface area contributed by atoms with E-state index in [1.807, 2.05) is 0 Å². The third kappa shape index (κ3) is 3.90. The zero-order chi connectivity index (χ0) is 16.1. The van der Waals surface area contributed by atoms with Crippen LogP contribution in [-0.4, -0.2) is 54.8 Å². The third-order valence-corrected chi connectivity index (χ3v) is 3.94. The van der Waals surface area contributed by atoms with Crippen molar-refractivity contribution in [2.75, 3.05) is 26.9 Å². The molecule has 1 aliphatic rings. The minimum Gasteiger partial charge on any atom is -0.496 e. The van der Waals surface area contributed by atoms with Crippen LogP contribution in [0.2, 0.25) is 5.02 Å². The van der Waals surface area contributed by atoms with Crippen molar-refractivity contribution < 1.29 is 24.2 Å². The van der Waals surface area contributed by atoms with Crippen molar-refractivity contribution in [1.82, 2.24) is 4.90 Å². The molecule has 0 spiro atoms. The number of nitrogens with zero attached hydrogens (tertiary/aromatic N) is 1. The van der Waals surface area contributed by atoms with Gasteiger partial charge in [0.2, 0.25) is 5.91 Å². The second kappa shape index (κ2) is 7.47. The van der Waals surface area contributed by atoms with Gasteiger partial charge in [0.25, 0.3) is 0 Å². The Kier molecular flexibility index (Phi) is 5.63. The molecule has 7 heteroatoms. The molecule has 1 saturated heterocycles. The molecule has 1 fully saturated rings. The highest BCUT2D eigenvalue weighted by Gasteiger charge is 2.29. The summed E-state index contributed by atoms with van der Waals surface area (Å²) >= 11 is 6.14. The molecule has 2 rings (SSSR count). The molecule has 22 heavy (non-hydrogen) atoms. The molecule has 1 atom stereocenters. The van der Waals surface area contributed by atoms with Crippen molar-refractivity contribution in [3.8, 4) is 5.75 Å². The highest BCUT2D eigenvalue weighted by Crippen LogP contribution is 2.27. The molecule has 0 aliphatic carbocycles. The summed E-state index contributed by atoms with van der Waals surface area (Å²) in [5.41, 5.74) is 0.609. The van der Waals surface area contributed by atoms with Crippen LogP contribution >= 0.6 is 11.6 Å². The lowest BCUT2D eigenvalue weighted by Gasteiger charge is -2.35. The maximum atomic E-state index is 12.5. The summed E-state index contributed by atoms with van der Waals surface area (Å²) in [6.07, 6.45) is -0.0651. The molecular formula is C15H18ClNO5. The monoisotopic (exact) mass is 327 g/mol. The van der Waals surface area contributed by atoms with Crippen LogP contribution in [0.25, 0.3) is 0 Å². The number of amides is 1. The number of aliphatic carboxylic acids is 1. The van der Waals surface area contributed by atoms with E-state index in [4.69, 9.17) is 26.2 Å². The summed E-state index contributed by atoms with van der Waals surface area (Å²) in [7, 11) is 1.52. The van der Waals surface area contributed by atoms with E-state index in [2.05, 4.69) is 0 Å². The predicted octanol–water partition coefficient (Wildman–Crippen LogP) is 1.59. The molecule has 0 radical (unpaired) electrons. The second-order valence-corrected chi connectivity index (χ2v) is 5.42. The summed E-state index contributed by atoms with van der Waals surface area (Å²) in [4.78, 5) is 25.0. The number of carboxylic acid groups (broad SMARTS) is 1. The zero-order valence-electron chi connectivity index (χ0n) is 12.3. The van der Waals surface area contributed by atoms with E-state index in [9.17, 15) is 9.59 Å². The van der Waals surface area contributed by atoms with Gasteiger partial charge in [-0.05, 0) is 12.1 Å². The Morgan fingerprint density at radius 2 is 2.27 bits per heavy atom. The van der Waals surface area contributed by atoms with E-state index in [1.54, 1.807) is 23.1 Å². The standard InChI is InChI=1S/C15H18ClNO5/c1-21-13-4-2-3-12(16)11(13)8-14(18)17-5-6-22-9-10(17)7-15(19)20/h2-4,10H,5-9H2,1H3,(H,19,20). The van der Waals surface area contributed by atoms with E-state index in [-0.39, 0.29) is 25.4 Å². The van der Waals surface area contributed by atoms with Crippen molar-refractivity contribution in [1.29, 1.82) is 0 Å². The Bertz CT molecular complexity index is 563. The van der Waals surface area contributed by atoms with Gasteiger partial charge in [-0.3, -0.25) is 9.59 Å². The average Bonchev–Trinajstić information content (AvgIpc) is 2.49. The lowest BCUT2D eigenvalue weighted by Crippen LogP contribution is -2.50. The number of rotatable bonds is 5. The van der Waals surface area contributed by atoms with E-state index >= 15 is 0 Å². The van der Waals surface area contributed by atoms with Crippen LogP contribution in [-0.2, 0) is 20.7 Å². The minimum absolute atomic E-state index is 0.0684. The van der Waals surface area contributed by atoms with Gasteiger partial charge in [0.15, 0.2) is 0 Å². The Morgan fingerprint density at radius 1 is 1.50 bits per heavy atom. The van der Waals surface area contributed by atoms with Crippen molar-refractivity contribution in [2.24, 2.45) is 0 Å². The molecule has 1 heterocycles. The molecule has 1 aliphatic heterocycles. The Labute approximate surface area is 133 Å². The minimum atomic E-state index is -0.955. The number of carboxylic acids is 1. The topological polar surface area (TPSA) is 76.1 Å². The number of benzene rings is 1. The van der Waals surface area contributed by atoms with Crippen molar-refractivity contribution in [2.45, 2.75) is 18.9 Å². The van der Waals surface area contributed by atoms with Gasteiger partial charge < -0.3 is 19.5 Å². The summed E-state index contributed by atoms with van der Waals surface area (Å²) in [5.74, 6) is -0.589. The van der Waals surface area contributed by atoms with Crippen molar-refractivity contribution in [3.05, 3.63) is 28.8 Å².